The monoisotopic (exact) mass is 428 g/mol. The van der Waals surface area contributed by atoms with Gasteiger partial charge in [-0.3, -0.25) is 9.59 Å². The molecule has 2 aliphatic heterocycles. The van der Waals surface area contributed by atoms with E-state index in [4.69, 9.17) is 21.1 Å². The molecule has 2 amide bonds. The topological polar surface area (TPSA) is 59.1 Å². The number of methoxy groups -OCH3 is 1. The van der Waals surface area contributed by atoms with Gasteiger partial charge in [-0.15, -0.1) is 0 Å². The molecule has 6 nitrogen and oxygen atoms in total. The summed E-state index contributed by atoms with van der Waals surface area (Å²) in [7, 11) is 1.63. The largest absolute Gasteiger partial charge is 0.496 e. The standard InChI is InChI=1S/C23H25ClN2O4/c1-29-21-5-3-2-4-18(21)19-14-26(22(27)16-6-8-17(24)9-7-16)15-20(19)23(28)25-10-12-30-13-11-25/h2-9,19-20H,10-15H2,1H3/t19-,20-/m0/s1. The predicted molar refractivity (Wildman–Crippen MR) is 114 cm³/mol. The van der Waals surface area contributed by atoms with Crippen molar-refractivity contribution in [2.24, 2.45) is 5.92 Å². The normalized spacial score (nSPS) is 21.5. The lowest BCUT2D eigenvalue weighted by Gasteiger charge is -2.31. The van der Waals surface area contributed by atoms with Crippen molar-refractivity contribution in [1.82, 2.24) is 9.80 Å². The molecule has 2 atom stereocenters. The van der Waals surface area contributed by atoms with Crippen LogP contribution in [0.4, 0.5) is 0 Å². The van der Waals surface area contributed by atoms with Gasteiger partial charge in [0.25, 0.3) is 5.91 Å². The van der Waals surface area contributed by atoms with Crippen LogP contribution in [0.25, 0.3) is 0 Å². The molecule has 4 rings (SSSR count). The summed E-state index contributed by atoms with van der Waals surface area (Å²) in [5, 5.41) is 0.584. The zero-order valence-electron chi connectivity index (χ0n) is 16.9. The molecule has 2 heterocycles. The van der Waals surface area contributed by atoms with E-state index in [0.717, 1.165) is 11.3 Å². The Labute approximate surface area is 181 Å². The minimum absolute atomic E-state index is 0.0700. The Kier molecular flexibility index (Phi) is 6.25. The summed E-state index contributed by atoms with van der Waals surface area (Å²) in [5.41, 5.74) is 1.52. The number of hydrogen-bond acceptors (Lipinski definition) is 4. The van der Waals surface area contributed by atoms with Gasteiger partial charge in [0.05, 0.1) is 26.2 Å². The van der Waals surface area contributed by atoms with Crippen molar-refractivity contribution >= 4 is 23.4 Å². The summed E-state index contributed by atoms with van der Waals surface area (Å²) in [4.78, 5) is 30.2. The van der Waals surface area contributed by atoms with Crippen LogP contribution in [0.5, 0.6) is 5.75 Å². The number of likely N-dealkylation sites (tertiary alicyclic amines) is 1. The van der Waals surface area contributed by atoms with Gasteiger partial charge in [-0.05, 0) is 35.9 Å². The Morgan fingerprint density at radius 2 is 1.70 bits per heavy atom. The summed E-state index contributed by atoms with van der Waals surface area (Å²) in [5.74, 6) is 0.260. The van der Waals surface area contributed by atoms with E-state index in [9.17, 15) is 9.59 Å². The summed E-state index contributed by atoms with van der Waals surface area (Å²) >= 11 is 5.96. The molecule has 2 aromatic carbocycles. The summed E-state index contributed by atoms with van der Waals surface area (Å²) in [6.07, 6.45) is 0. The van der Waals surface area contributed by atoms with E-state index in [2.05, 4.69) is 0 Å². The molecule has 158 valence electrons. The second kappa shape index (κ2) is 9.06. The highest BCUT2D eigenvalue weighted by Crippen LogP contribution is 2.39. The SMILES string of the molecule is COc1ccccc1[C@@H]1CN(C(=O)c2ccc(Cl)cc2)C[C@@H]1C(=O)N1CCOCC1. The van der Waals surface area contributed by atoms with Gasteiger partial charge in [0.15, 0.2) is 0 Å². The van der Waals surface area contributed by atoms with Crippen LogP contribution in [0, 0.1) is 5.92 Å². The summed E-state index contributed by atoms with van der Waals surface area (Å²) in [6, 6.07) is 14.6. The van der Waals surface area contributed by atoms with Gasteiger partial charge in [0.2, 0.25) is 5.91 Å². The van der Waals surface area contributed by atoms with E-state index >= 15 is 0 Å². The maximum Gasteiger partial charge on any atom is 0.253 e. The third-order valence-corrected chi connectivity index (χ3v) is 6.13. The number of hydrogen-bond donors (Lipinski definition) is 0. The number of morpholine rings is 1. The van der Waals surface area contributed by atoms with Gasteiger partial charge in [0, 0.05) is 42.7 Å². The van der Waals surface area contributed by atoms with Crippen LogP contribution in [0.3, 0.4) is 0 Å². The second-order valence-electron chi connectivity index (χ2n) is 7.61. The van der Waals surface area contributed by atoms with Gasteiger partial charge >= 0.3 is 0 Å². The molecule has 2 saturated heterocycles. The van der Waals surface area contributed by atoms with Crippen molar-refractivity contribution in [3.63, 3.8) is 0 Å². The quantitative estimate of drug-likeness (QED) is 0.751. The Morgan fingerprint density at radius 1 is 1.00 bits per heavy atom. The molecule has 0 aromatic heterocycles. The molecule has 0 unspecified atom stereocenters. The lowest BCUT2D eigenvalue weighted by Crippen LogP contribution is -2.45. The van der Waals surface area contributed by atoms with Crippen molar-refractivity contribution in [1.29, 1.82) is 0 Å². The molecule has 7 heteroatoms. The van der Waals surface area contributed by atoms with Crippen molar-refractivity contribution in [3.05, 3.63) is 64.7 Å². The molecule has 0 spiro atoms. The molecule has 0 aliphatic carbocycles. The average molecular weight is 429 g/mol. The number of amides is 2. The fourth-order valence-corrected chi connectivity index (χ4v) is 4.43. The first kappa shape index (κ1) is 20.7. The summed E-state index contributed by atoms with van der Waals surface area (Å²) in [6.45, 7) is 3.09. The Hall–Kier alpha value is -2.57. The Balaban J connectivity index is 1.63. The number of nitrogens with zero attached hydrogens (tertiary/aromatic N) is 2. The smallest absolute Gasteiger partial charge is 0.253 e. The van der Waals surface area contributed by atoms with Gasteiger partial charge in [0.1, 0.15) is 5.75 Å². The molecular weight excluding hydrogens is 404 g/mol. The molecule has 0 bridgehead atoms. The first-order valence-electron chi connectivity index (χ1n) is 10.1. The van der Waals surface area contributed by atoms with Gasteiger partial charge < -0.3 is 19.3 Å². The average Bonchev–Trinajstić information content (AvgIpc) is 3.24. The second-order valence-corrected chi connectivity index (χ2v) is 8.05. The molecule has 30 heavy (non-hydrogen) atoms. The number of ether oxygens (including phenoxy) is 2. The highest BCUT2D eigenvalue weighted by atomic mass is 35.5. The first-order chi connectivity index (χ1) is 14.6. The maximum absolute atomic E-state index is 13.4. The Morgan fingerprint density at radius 3 is 2.40 bits per heavy atom. The maximum atomic E-state index is 13.4. The van der Waals surface area contributed by atoms with E-state index in [1.165, 1.54) is 0 Å². The van der Waals surface area contributed by atoms with Crippen LogP contribution in [0.15, 0.2) is 48.5 Å². The zero-order chi connectivity index (χ0) is 21.1. The van der Waals surface area contributed by atoms with Crippen LogP contribution in [-0.2, 0) is 9.53 Å². The van der Waals surface area contributed by atoms with E-state index in [-0.39, 0.29) is 23.7 Å². The lowest BCUT2D eigenvalue weighted by atomic mass is 9.87. The number of para-hydroxylation sites is 1. The van der Waals surface area contributed by atoms with Crippen molar-refractivity contribution in [3.8, 4) is 5.75 Å². The van der Waals surface area contributed by atoms with Crippen LogP contribution in [0.1, 0.15) is 21.8 Å². The highest BCUT2D eigenvalue weighted by Gasteiger charge is 2.43. The van der Waals surface area contributed by atoms with E-state index in [1.807, 2.05) is 29.2 Å². The third kappa shape index (κ3) is 4.16. The van der Waals surface area contributed by atoms with Crippen LogP contribution in [0.2, 0.25) is 5.02 Å². The van der Waals surface area contributed by atoms with Crippen molar-refractivity contribution in [2.75, 3.05) is 46.5 Å². The van der Waals surface area contributed by atoms with E-state index in [0.29, 0.717) is 50.0 Å². The van der Waals surface area contributed by atoms with E-state index < -0.39 is 0 Å². The number of benzene rings is 2. The van der Waals surface area contributed by atoms with Crippen molar-refractivity contribution in [2.45, 2.75) is 5.92 Å². The van der Waals surface area contributed by atoms with Gasteiger partial charge in [-0.1, -0.05) is 29.8 Å². The van der Waals surface area contributed by atoms with Gasteiger partial charge in [-0.2, -0.15) is 0 Å². The molecular formula is C23H25ClN2O4. The third-order valence-electron chi connectivity index (χ3n) is 5.88. The van der Waals surface area contributed by atoms with E-state index in [1.54, 1.807) is 36.3 Å². The van der Waals surface area contributed by atoms with Gasteiger partial charge in [-0.25, -0.2) is 0 Å². The molecule has 2 aliphatic rings. The Bertz CT molecular complexity index is 912. The highest BCUT2D eigenvalue weighted by molar-refractivity contribution is 6.30. The predicted octanol–water partition coefficient (Wildman–Crippen LogP) is 3.06. The molecule has 0 saturated carbocycles. The fourth-order valence-electron chi connectivity index (χ4n) is 4.30. The van der Waals surface area contributed by atoms with Crippen LogP contribution >= 0.6 is 11.6 Å². The molecule has 2 fully saturated rings. The lowest BCUT2D eigenvalue weighted by molar-refractivity contribution is -0.139. The molecule has 0 radical (unpaired) electrons. The fraction of sp³-hybridized carbons (Fsp3) is 0.391. The summed E-state index contributed by atoms with van der Waals surface area (Å²) < 4.78 is 11.0. The van der Waals surface area contributed by atoms with Crippen molar-refractivity contribution < 1.29 is 19.1 Å². The number of halogens is 1. The molecule has 0 N–H and O–H groups in total. The number of carbonyl (C=O) groups is 2. The zero-order valence-corrected chi connectivity index (χ0v) is 17.7. The molecule has 2 aromatic rings. The first-order valence-corrected chi connectivity index (χ1v) is 10.5. The van der Waals surface area contributed by atoms with Crippen LogP contribution in [-0.4, -0.2) is 68.1 Å². The minimum Gasteiger partial charge on any atom is -0.496 e. The van der Waals surface area contributed by atoms with Crippen LogP contribution < -0.4 is 4.74 Å². The number of carbonyl (C=O) groups excluding carboxylic acids is 2. The number of rotatable bonds is 4. The minimum atomic E-state index is -0.323.